The van der Waals surface area contributed by atoms with Gasteiger partial charge in [-0.3, -0.25) is 9.59 Å². The SMILES string of the molecule is O=C(N[C@@H](Cc1ccc(C2=CCN(C(=O)c3cnnc4ccccc34)CC2)cc1)C(=O)O)c1c(Cl)cccc1Cl. The molecule has 0 saturated carbocycles. The first-order valence-electron chi connectivity index (χ1n) is 12.6. The van der Waals surface area contributed by atoms with Gasteiger partial charge in [-0.25, -0.2) is 4.79 Å². The third-order valence-electron chi connectivity index (χ3n) is 6.83. The maximum Gasteiger partial charge on any atom is 0.326 e. The Labute approximate surface area is 240 Å². The molecule has 10 heteroatoms. The molecule has 0 spiro atoms. The van der Waals surface area contributed by atoms with Crippen LogP contribution in [0.3, 0.4) is 0 Å². The second kappa shape index (κ2) is 11.9. The summed E-state index contributed by atoms with van der Waals surface area (Å²) in [5, 5.41) is 21.4. The smallest absolute Gasteiger partial charge is 0.326 e. The summed E-state index contributed by atoms with van der Waals surface area (Å²) in [6.45, 7) is 1.02. The molecule has 1 aliphatic rings. The van der Waals surface area contributed by atoms with Crippen molar-refractivity contribution in [3.8, 4) is 0 Å². The number of carbonyl (C=O) groups excluding carboxylic acids is 2. The zero-order valence-electron chi connectivity index (χ0n) is 21.2. The normalized spacial score (nSPS) is 13.9. The van der Waals surface area contributed by atoms with Crippen LogP contribution in [0.25, 0.3) is 16.5 Å². The average molecular weight is 575 g/mol. The van der Waals surface area contributed by atoms with Crippen molar-refractivity contribution >= 4 is 57.5 Å². The zero-order valence-corrected chi connectivity index (χ0v) is 22.7. The van der Waals surface area contributed by atoms with Gasteiger partial charge in [0, 0.05) is 24.9 Å². The fourth-order valence-corrected chi connectivity index (χ4v) is 5.27. The number of rotatable bonds is 7. The Balaban J connectivity index is 1.24. The number of carbonyl (C=O) groups is 3. The maximum atomic E-state index is 13.2. The molecule has 2 amide bonds. The van der Waals surface area contributed by atoms with Crippen molar-refractivity contribution in [1.29, 1.82) is 0 Å². The lowest BCUT2D eigenvalue weighted by atomic mass is 9.96. The van der Waals surface area contributed by atoms with Gasteiger partial charge >= 0.3 is 5.97 Å². The third-order valence-corrected chi connectivity index (χ3v) is 7.46. The van der Waals surface area contributed by atoms with Crippen LogP contribution in [0.15, 0.2) is 79.0 Å². The molecule has 1 aromatic heterocycles. The molecule has 5 rings (SSSR count). The molecule has 0 saturated heterocycles. The number of aliphatic carboxylic acids is 1. The van der Waals surface area contributed by atoms with E-state index in [-0.39, 0.29) is 27.9 Å². The number of hydrogen-bond acceptors (Lipinski definition) is 5. The molecular formula is C30H24Cl2N4O4. The first-order valence-corrected chi connectivity index (χ1v) is 13.3. The third kappa shape index (κ3) is 5.83. The predicted molar refractivity (Wildman–Crippen MR) is 154 cm³/mol. The summed E-state index contributed by atoms with van der Waals surface area (Å²) < 4.78 is 0. The largest absolute Gasteiger partial charge is 0.480 e. The summed E-state index contributed by atoms with van der Waals surface area (Å²) in [6, 6.07) is 18.4. The van der Waals surface area contributed by atoms with E-state index in [4.69, 9.17) is 23.2 Å². The Hall–Kier alpha value is -4.27. The number of carboxylic acid groups (broad SMARTS) is 1. The number of halogens is 2. The van der Waals surface area contributed by atoms with Crippen LogP contribution in [0.1, 0.15) is 38.3 Å². The van der Waals surface area contributed by atoms with E-state index in [0.29, 0.717) is 30.6 Å². The van der Waals surface area contributed by atoms with Gasteiger partial charge in [0.05, 0.1) is 32.9 Å². The Morgan fingerprint density at radius 3 is 2.38 bits per heavy atom. The second-order valence-corrected chi connectivity index (χ2v) is 10.2. The second-order valence-electron chi connectivity index (χ2n) is 9.37. The highest BCUT2D eigenvalue weighted by Gasteiger charge is 2.25. The molecule has 1 atom stereocenters. The number of aromatic nitrogens is 2. The highest BCUT2D eigenvalue weighted by atomic mass is 35.5. The molecule has 0 aliphatic carbocycles. The van der Waals surface area contributed by atoms with Gasteiger partial charge in [0.2, 0.25) is 0 Å². The molecule has 8 nitrogen and oxygen atoms in total. The Morgan fingerprint density at radius 1 is 0.975 bits per heavy atom. The summed E-state index contributed by atoms with van der Waals surface area (Å²) in [5.41, 5.74) is 4.09. The lowest BCUT2D eigenvalue weighted by Gasteiger charge is -2.27. The van der Waals surface area contributed by atoms with Crippen molar-refractivity contribution in [1.82, 2.24) is 20.4 Å². The first kappa shape index (κ1) is 27.3. The van der Waals surface area contributed by atoms with Gasteiger partial charge in [0.15, 0.2) is 0 Å². The van der Waals surface area contributed by atoms with E-state index in [0.717, 1.165) is 22.1 Å². The summed E-state index contributed by atoms with van der Waals surface area (Å²) >= 11 is 12.2. The van der Waals surface area contributed by atoms with Gasteiger partial charge in [-0.15, -0.1) is 0 Å². The summed E-state index contributed by atoms with van der Waals surface area (Å²) in [4.78, 5) is 39.6. The van der Waals surface area contributed by atoms with Crippen molar-refractivity contribution in [2.24, 2.45) is 0 Å². The van der Waals surface area contributed by atoms with E-state index in [1.807, 2.05) is 54.6 Å². The lowest BCUT2D eigenvalue weighted by Crippen LogP contribution is -2.42. The van der Waals surface area contributed by atoms with Crippen molar-refractivity contribution in [2.45, 2.75) is 18.9 Å². The minimum absolute atomic E-state index is 0.0394. The molecule has 0 radical (unpaired) electrons. The van der Waals surface area contributed by atoms with Crippen LogP contribution in [-0.4, -0.2) is 57.1 Å². The summed E-state index contributed by atoms with van der Waals surface area (Å²) in [6.07, 6.45) is 4.30. The van der Waals surface area contributed by atoms with Gasteiger partial charge in [-0.05, 0) is 41.3 Å². The number of amides is 2. The van der Waals surface area contributed by atoms with Crippen LogP contribution in [0.2, 0.25) is 10.0 Å². The van der Waals surface area contributed by atoms with E-state index in [9.17, 15) is 19.5 Å². The van der Waals surface area contributed by atoms with Gasteiger partial charge in [-0.2, -0.15) is 10.2 Å². The van der Waals surface area contributed by atoms with Crippen LogP contribution in [0.5, 0.6) is 0 Å². The van der Waals surface area contributed by atoms with Gasteiger partial charge in [-0.1, -0.05) is 77.8 Å². The fraction of sp³-hybridized carbons (Fsp3) is 0.167. The molecule has 3 aromatic carbocycles. The minimum atomic E-state index is -1.17. The van der Waals surface area contributed by atoms with Crippen molar-refractivity contribution in [2.75, 3.05) is 13.1 Å². The topological polar surface area (TPSA) is 112 Å². The first-order chi connectivity index (χ1) is 19.3. The fourth-order valence-electron chi connectivity index (χ4n) is 4.70. The van der Waals surface area contributed by atoms with Crippen LogP contribution < -0.4 is 5.32 Å². The number of fused-ring (bicyclic) bond motifs is 1. The molecule has 2 heterocycles. The predicted octanol–water partition coefficient (Wildman–Crippen LogP) is 5.29. The van der Waals surface area contributed by atoms with Crippen molar-refractivity contribution in [3.05, 3.63) is 111 Å². The molecule has 4 aromatic rings. The highest BCUT2D eigenvalue weighted by molar-refractivity contribution is 6.39. The van der Waals surface area contributed by atoms with E-state index >= 15 is 0 Å². The minimum Gasteiger partial charge on any atom is -0.480 e. The quantitative estimate of drug-likeness (QED) is 0.310. The van der Waals surface area contributed by atoms with Gasteiger partial charge in [0.1, 0.15) is 6.04 Å². The molecule has 1 aliphatic heterocycles. The molecule has 40 heavy (non-hydrogen) atoms. The van der Waals surface area contributed by atoms with E-state index < -0.39 is 17.9 Å². The number of nitrogens with zero attached hydrogens (tertiary/aromatic N) is 3. The zero-order chi connectivity index (χ0) is 28.2. The maximum absolute atomic E-state index is 13.2. The van der Waals surface area contributed by atoms with Gasteiger partial charge < -0.3 is 15.3 Å². The van der Waals surface area contributed by atoms with Crippen LogP contribution in [-0.2, 0) is 11.2 Å². The van der Waals surface area contributed by atoms with Gasteiger partial charge in [0.25, 0.3) is 11.8 Å². The van der Waals surface area contributed by atoms with Crippen molar-refractivity contribution < 1.29 is 19.5 Å². The Bertz CT molecular complexity index is 1610. The van der Waals surface area contributed by atoms with E-state index in [1.54, 1.807) is 11.0 Å². The average Bonchev–Trinajstić information content (AvgIpc) is 2.96. The molecule has 202 valence electrons. The highest BCUT2D eigenvalue weighted by Crippen LogP contribution is 2.26. The number of carboxylic acids is 1. The van der Waals surface area contributed by atoms with E-state index in [2.05, 4.69) is 15.5 Å². The molecular weight excluding hydrogens is 551 g/mol. The molecule has 0 fully saturated rings. The number of nitrogens with one attached hydrogen (secondary N) is 1. The summed E-state index contributed by atoms with van der Waals surface area (Å²) in [5.74, 6) is -1.91. The number of hydrogen-bond donors (Lipinski definition) is 2. The monoisotopic (exact) mass is 574 g/mol. The molecule has 0 bridgehead atoms. The lowest BCUT2D eigenvalue weighted by molar-refractivity contribution is -0.139. The Morgan fingerprint density at radius 2 is 1.70 bits per heavy atom. The van der Waals surface area contributed by atoms with E-state index in [1.165, 1.54) is 18.3 Å². The molecule has 2 N–H and O–H groups in total. The summed E-state index contributed by atoms with van der Waals surface area (Å²) in [7, 11) is 0. The number of benzene rings is 3. The Kier molecular flexibility index (Phi) is 8.09. The standard InChI is InChI=1S/C30H24Cl2N4O4/c31-23-5-3-6-24(32)27(23)28(37)34-26(30(39)40)16-18-8-10-19(11-9-18)20-12-14-36(15-13-20)29(38)22-17-33-35-25-7-2-1-4-21(22)25/h1-12,17,26H,13-16H2,(H,34,37)(H,39,40)/t26-/m0/s1. The van der Waals surface area contributed by atoms with Crippen LogP contribution in [0.4, 0.5) is 0 Å². The van der Waals surface area contributed by atoms with Crippen LogP contribution in [0, 0.1) is 0 Å². The van der Waals surface area contributed by atoms with Crippen molar-refractivity contribution in [3.63, 3.8) is 0 Å². The van der Waals surface area contributed by atoms with Crippen LogP contribution >= 0.6 is 23.2 Å². The molecule has 0 unspecified atom stereocenters.